The minimum Gasteiger partial charge on any atom is -0.376 e. The van der Waals surface area contributed by atoms with Crippen LogP contribution in [0, 0.1) is 5.92 Å². The molecule has 1 aromatic heterocycles. The van der Waals surface area contributed by atoms with Crippen molar-refractivity contribution >= 4 is 10.9 Å². The van der Waals surface area contributed by atoms with Crippen LogP contribution in [0.2, 0.25) is 0 Å². The smallest absolute Gasteiger partial charge is 0.0757 e. The van der Waals surface area contributed by atoms with Crippen LogP contribution in [0.5, 0.6) is 0 Å². The number of aromatic amines is 1. The van der Waals surface area contributed by atoms with Crippen molar-refractivity contribution in [2.75, 3.05) is 6.61 Å². The first-order valence-electron chi connectivity index (χ1n) is 7.31. The van der Waals surface area contributed by atoms with E-state index in [4.69, 9.17) is 4.74 Å². The third kappa shape index (κ3) is 2.28. The molecule has 1 aromatic carbocycles. The zero-order chi connectivity index (χ0) is 12.7. The predicted octanol–water partition coefficient (Wildman–Crippen LogP) is 2.83. The lowest BCUT2D eigenvalue weighted by molar-refractivity contribution is 0.0809. The average Bonchev–Trinajstić information content (AvgIpc) is 3.00. The summed E-state index contributed by atoms with van der Waals surface area (Å²) in [6, 6.07) is 9.31. The van der Waals surface area contributed by atoms with E-state index in [0.717, 1.165) is 25.5 Å². The molecule has 1 aliphatic carbocycles. The third-order valence-corrected chi connectivity index (χ3v) is 4.41. The molecule has 2 unspecified atom stereocenters. The average molecular weight is 256 g/mol. The minimum atomic E-state index is 0.469. The molecule has 0 bridgehead atoms. The summed E-state index contributed by atoms with van der Waals surface area (Å²) in [4.78, 5) is 3.23. The second-order valence-corrected chi connectivity index (χ2v) is 5.85. The molecular weight excluding hydrogens is 236 g/mol. The van der Waals surface area contributed by atoms with Crippen LogP contribution in [-0.2, 0) is 11.3 Å². The Morgan fingerprint density at radius 2 is 2.16 bits per heavy atom. The van der Waals surface area contributed by atoms with Crippen LogP contribution in [0.3, 0.4) is 0 Å². The number of ether oxygens (including phenoxy) is 1. The summed E-state index contributed by atoms with van der Waals surface area (Å²) >= 11 is 0. The molecule has 0 amide bonds. The van der Waals surface area contributed by atoms with Crippen LogP contribution in [0.1, 0.15) is 24.8 Å². The summed E-state index contributed by atoms with van der Waals surface area (Å²) in [5, 5.41) is 4.98. The minimum absolute atomic E-state index is 0.469. The molecule has 2 atom stereocenters. The quantitative estimate of drug-likeness (QED) is 0.882. The van der Waals surface area contributed by atoms with Crippen molar-refractivity contribution in [3.63, 3.8) is 0 Å². The fourth-order valence-electron chi connectivity index (χ4n) is 3.18. The van der Waals surface area contributed by atoms with Gasteiger partial charge in [-0.05, 0) is 54.3 Å². The van der Waals surface area contributed by atoms with Gasteiger partial charge in [0.1, 0.15) is 0 Å². The largest absolute Gasteiger partial charge is 0.376 e. The van der Waals surface area contributed by atoms with Crippen molar-refractivity contribution in [3.05, 3.63) is 36.0 Å². The molecule has 0 radical (unpaired) electrons. The summed E-state index contributed by atoms with van der Waals surface area (Å²) in [7, 11) is 0. The Morgan fingerprint density at radius 3 is 3.05 bits per heavy atom. The molecule has 4 rings (SSSR count). The van der Waals surface area contributed by atoms with Gasteiger partial charge in [-0.1, -0.05) is 6.07 Å². The van der Waals surface area contributed by atoms with E-state index in [9.17, 15) is 0 Å². The highest BCUT2D eigenvalue weighted by molar-refractivity contribution is 5.79. The van der Waals surface area contributed by atoms with Crippen LogP contribution in [0.4, 0.5) is 0 Å². The predicted molar refractivity (Wildman–Crippen MR) is 76.0 cm³/mol. The van der Waals surface area contributed by atoms with Crippen molar-refractivity contribution in [1.29, 1.82) is 0 Å². The fourth-order valence-corrected chi connectivity index (χ4v) is 3.18. The summed E-state index contributed by atoms with van der Waals surface area (Å²) in [5.74, 6) is 0.826. The van der Waals surface area contributed by atoms with E-state index in [0.29, 0.717) is 12.1 Å². The van der Waals surface area contributed by atoms with Gasteiger partial charge in [-0.3, -0.25) is 0 Å². The summed E-state index contributed by atoms with van der Waals surface area (Å²) in [6.07, 6.45) is 6.34. The molecule has 2 heterocycles. The Morgan fingerprint density at radius 1 is 1.21 bits per heavy atom. The Labute approximate surface area is 113 Å². The first kappa shape index (κ1) is 11.5. The molecule has 2 fully saturated rings. The van der Waals surface area contributed by atoms with E-state index in [1.807, 2.05) is 6.20 Å². The molecule has 0 spiro atoms. The fraction of sp³-hybridized carbons (Fsp3) is 0.500. The maximum atomic E-state index is 5.87. The number of H-pyrrole nitrogens is 1. The van der Waals surface area contributed by atoms with E-state index in [2.05, 4.69) is 34.6 Å². The van der Waals surface area contributed by atoms with Gasteiger partial charge in [-0.25, -0.2) is 0 Å². The zero-order valence-electron chi connectivity index (χ0n) is 11.1. The first-order valence-corrected chi connectivity index (χ1v) is 7.31. The van der Waals surface area contributed by atoms with Crippen LogP contribution >= 0.6 is 0 Å². The Balaban J connectivity index is 1.43. The molecule has 1 saturated carbocycles. The van der Waals surface area contributed by atoms with E-state index in [-0.39, 0.29) is 0 Å². The van der Waals surface area contributed by atoms with Gasteiger partial charge in [0.15, 0.2) is 0 Å². The van der Waals surface area contributed by atoms with Crippen molar-refractivity contribution < 1.29 is 4.74 Å². The van der Waals surface area contributed by atoms with Gasteiger partial charge in [0.25, 0.3) is 0 Å². The molecule has 2 N–H and O–H groups in total. The standard InChI is InChI=1S/C16H20N2O/c1-4-14-13(5-7-17-14)9-11(1)10-18-15-6-8-19-16(15)12-2-3-12/h1,4-5,7,9,12,15-18H,2-3,6,8,10H2. The molecule has 19 heavy (non-hydrogen) atoms. The topological polar surface area (TPSA) is 37.0 Å². The monoisotopic (exact) mass is 256 g/mol. The van der Waals surface area contributed by atoms with Crippen molar-refractivity contribution in [1.82, 2.24) is 10.3 Å². The lowest BCUT2D eigenvalue weighted by Gasteiger charge is -2.19. The van der Waals surface area contributed by atoms with E-state index in [1.54, 1.807) is 0 Å². The number of rotatable bonds is 4. The van der Waals surface area contributed by atoms with Crippen molar-refractivity contribution in [3.8, 4) is 0 Å². The number of aromatic nitrogens is 1. The highest BCUT2D eigenvalue weighted by Crippen LogP contribution is 2.38. The number of nitrogens with one attached hydrogen (secondary N) is 2. The van der Waals surface area contributed by atoms with Gasteiger partial charge in [-0.15, -0.1) is 0 Å². The molecule has 2 aromatic rings. The van der Waals surface area contributed by atoms with E-state index < -0.39 is 0 Å². The number of hydrogen-bond donors (Lipinski definition) is 2. The van der Waals surface area contributed by atoms with Crippen LogP contribution in [0.15, 0.2) is 30.5 Å². The summed E-state index contributed by atoms with van der Waals surface area (Å²) < 4.78 is 5.87. The Hall–Kier alpha value is -1.32. The highest BCUT2D eigenvalue weighted by Gasteiger charge is 2.40. The third-order valence-electron chi connectivity index (χ3n) is 4.41. The van der Waals surface area contributed by atoms with Crippen LogP contribution < -0.4 is 5.32 Å². The van der Waals surface area contributed by atoms with Gasteiger partial charge in [0.2, 0.25) is 0 Å². The normalized spacial score (nSPS) is 27.2. The van der Waals surface area contributed by atoms with E-state index >= 15 is 0 Å². The number of fused-ring (bicyclic) bond motifs is 1. The molecular formula is C16H20N2O. The van der Waals surface area contributed by atoms with E-state index in [1.165, 1.54) is 29.3 Å². The molecule has 1 saturated heterocycles. The highest BCUT2D eigenvalue weighted by atomic mass is 16.5. The maximum absolute atomic E-state index is 5.87. The van der Waals surface area contributed by atoms with Crippen molar-refractivity contribution in [2.45, 2.75) is 38.0 Å². The molecule has 1 aliphatic heterocycles. The summed E-state index contributed by atoms with van der Waals surface area (Å²) in [6.45, 7) is 1.87. The van der Waals surface area contributed by atoms with Gasteiger partial charge < -0.3 is 15.0 Å². The SMILES string of the molecule is c1cc2cc(CNC3CCOC3C3CC3)ccc2[nH]1. The molecule has 3 heteroatoms. The summed E-state index contributed by atoms with van der Waals surface area (Å²) in [5.41, 5.74) is 2.57. The lowest BCUT2D eigenvalue weighted by atomic mass is 10.1. The van der Waals surface area contributed by atoms with Crippen LogP contribution in [0.25, 0.3) is 10.9 Å². The maximum Gasteiger partial charge on any atom is 0.0757 e. The molecule has 100 valence electrons. The first-order chi connectivity index (χ1) is 9.40. The second-order valence-electron chi connectivity index (χ2n) is 5.85. The Bertz CT molecular complexity index is 573. The number of hydrogen-bond acceptors (Lipinski definition) is 2. The lowest BCUT2D eigenvalue weighted by Crippen LogP contribution is -2.37. The van der Waals surface area contributed by atoms with Gasteiger partial charge >= 0.3 is 0 Å². The van der Waals surface area contributed by atoms with Crippen molar-refractivity contribution in [2.24, 2.45) is 5.92 Å². The van der Waals surface area contributed by atoms with Gasteiger partial charge in [0, 0.05) is 30.9 Å². The Kier molecular flexibility index (Phi) is 2.82. The van der Waals surface area contributed by atoms with Gasteiger partial charge in [0.05, 0.1) is 6.10 Å². The number of benzene rings is 1. The second kappa shape index (κ2) is 4.66. The molecule has 2 aliphatic rings. The van der Waals surface area contributed by atoms with Crippen LogP contribution in [-0.4, -0.2) is 23.7 Å². The molecule has 3 nitrogen and oxygen atoms in total. The van der Waals surface area contributed by atoms with Gasteiger partial charge in [-0.2, -0.15) is 0 Å². The zero-order valence-corrected chi connectivity index (χ0v) is 11.1.